The molecule has 0 fully saturated rings. The number of aromatic nitrogens is 3. The third kappa shape index (κ3) is 3.98. The molecule has 6 nitrogen and oxygen atoms in total. The fraction of sp³-hybridized carbons (Fsp3) is 0. The summed E-state index contributed by atoms with van der Waals surface area (Å²) in [6.07, 6.45) is 1.68. The number of H-pyrrole nitrogens is 1. The topological polar surface area (TPSA) is 83.8 Å². The maximum Gasteiger partial charge on any atom is 0.256 e. The number of nitrogens with one attached hydrogen (secondary N) is 2. The Labute approximate surface area is 206 Å². The summed E-state index contributed by atoms with van der Waals surface area (Å²) in [6, 6.07) is 23.3. The first-order valence-corrected chi connectivity index (χ1v) is 11.5. The Morgan fingerprint density at radius 2 is 1.74 bits per heavy atom. The number of carbonyl (C=O) groups excluding carboxylic acids is 1. The van der Waals surface area contributed by atoms with E-state index in [-0.39, 0.29) is 5.91 Å². The van der Waals surface area contributed by atoms with Crippen molar-refractivity contribution in [3.63, 3.8) is 0 Å². The summed E-state index contributed by atoms with van der Waals surface area (Å²) in [5, 5.41) is 12.2. The average molecular weight is 527 g/mol. The van der Waals surface area contributed by atoms with Crippen LogP contribution in [0.3, 0.4) is 0 Å². The number of carbonyl (C=O) groups is 1. The first kappa shape index (κ1) is 21.2. The molecule has 0 saturated carbocycles. The Morgan fingerprint density at radius 3 is 2.51 bits per heavy atom. The van der Waals surface area contributed by atoms with Gasteiger partial charge in [-0.3, -0.25) is 9.89 Å². The lowest BCUT2D eigenvalue weighted by atomic mass is 10.1. The summed E-state index contributed by atoms with van der Waals surface area (Å²) in [7, 11) is 0. The molecule has 0 aliphatic rings. The molecule has 0 spiro atoms. The van der Waals surface area contributed by atoms with E-state index in [1.165, 1.54) is 18.2 Å². The van der Waals surface area contributed by atoms with E-state index in [1.807, 2.05) is 48.5 Å². The van der Waals surface area contributed by atoms with Crippen LogP contribution in [0.25, 0.3) is 44.6 Å². The van der Waals surface area contributed by atoms with Crippen LogP contribution in [0, 0.1) is 5.82 Å². The van der Waals surface area contributed by atoms with E-state index in [0.717, 1.165) is 33.1 Å². The zero-order chi connectivity index (χ0) is 23.9. The number of amides is 1. The second-order valence-corrected chi connectivity index (χ2v) is 8.85. The smallest absolute Gasteiger partial charge is 0.256 e. The Morgan fingerprint density at radius 1 is 0.971 bits per heavy atom. The van der Waals surface area contributed by atoms with Gasteiger partial charge < -0.3 is 9.73 Å². The molecule has 0 radical (unpaired) electrons. The Balaban J connectivity index is 1.28. The van der Waals surface area contributed by atoms with Crippen molar-refractivity contribution in [2.24, 2.45) is 0 Å². The van der Waals surface area contributed by atoms with Crippen LogP contribution >= 0.6 is 15.9 Å². The minimum absolute atomic E-state index is 0.342. The van der Waals surface area contributed by atoms with Crippen molar-refractivity contribution < 1.29 is 13.6 Å². The summed E-state index contributed by atoms with van der Waals surface area (Å²) < 4.78 is 19.8. The lowest BCUT2D eigenvalue weighted by molar-refractivity contribution is 0.102. The number of anilines is 1. The third-order valence-corrected chi connectivity index (χ3v) is 6.39. The quantitative estimate of drug-likeness (QED) is 0.254. The van der Waals surface area contributed by atoms with E-state index in [1.54, 1.807) is 18.3 Å². The Hall–Kier alpha value is -4.30. The fourth-order valence-electron chi connectivity index (χ4n) is 3.99. The number of hydrogen-bond donors (Lipinski definition) is 2. The maximum absolute atomic E-state index is 13.3. The highest BCUT2D eigenvalue weighted by Crippen LogP contribution is 2.33. The van der Waals surface area contributed by atoms with E-state index >= 15 is 0 Å². The Bertz CT molecular complexity index is 1670. The number of fused-ring (bicyclic) bond motifs is 2. The second kappa shape index (κ2) is 8.48. The molecular formula is C27H16BrFN4O2. The molecule has 6 aromatic rings. The molecular weight excluding hydrogens is 511 g/mol. The van der Waals surface area contributed by atoms with E-state index in [0.29, 0.717) is 27.2 Å². The van der Waals surface area contributed by atoms with Gasteiger partial charge in [-0.05, 0) is 69.2 Å². The van der Waals surface area contributed by atoms with Gasteiger partial charge in [0.15, 0.2) is 5.58 Å². The Kier molecular flexibility index (Phi) is 5.15. The highest BCUT2D eigenvalue weighted by Gasteiger charge is 2.17. The van der Waals surface area contributed by atoms with Crippen molar-refractivity contribution in [2.75, 3.05) is 5.32 Å². The van der Waals surface area contributed by atoms with Crippen LogP contribution in [0.15, 0.2) is 93.9 Å². The van der Waals surface area contributed by atoms with Gasteiger partial charge >= 0.3 is 0 Å². The molecule has 6 rings (SSSR count). The SMILES string of the molecule is O=C(Nc1ccc(-c2[nH]ncc2-c2nc3cc4ccccc4cc3o2)cc1)c1ccc(F)cc1Br. The van der Waals surface area contributed by atoms with Crippen LogP contribution in [-0.2, 0) is 0 Å². The van der Waals surface area contributed by atoms with E-state index < -0.39 is 5.82 Å². The van der Waals surface area contributed by atoms with Crippen LogP contribution < -0.4 is 5.32 Å². The molecule has 0 aliphatic carbocycles. The zero-order valence-electron chi connectivity index (χ0n) is 18.0. The van der Waals surface area contributed by atoms with Crippen LogP contribution in [0.2, 0.25) is 0 Å². The molecule has 35 heavy (non-hydrogen) atoms. The molecule has 0 bridgehead atoms. The fourth-order valence-corrected chi connectivity index (χ4v) is 4.52. The predicted octanol–water partition coefficient (Wildman–Crippen LogP) is 7.19. The first-order chi connectivity index (χ1) is 17.0. The molecule has 2 N–H and O–H groups in total. The number of aromatic amines is 1. The average Bonchev–Trinajstić information content (AvgIpc) is 3.49. The van der Waals surface area contributed by atoms with Gasteiger partial charge in [-0.25, -0.2) is 9.37 Å². The predicted molar refractivity (Wildman–Crippen MR) is 137 cm³/mol. The normalized spacial score (nSPS) is 11.3. The summed E-state index contributed by atoms with van der Waals surface area (Å²) in [5.74, 6) is -0.288. The lowest BCUT2D eigenvalue weighted by Crippen LogP contribution is -2.12. The van der Waals surface area contributed by atoms with Gasteiger partial charge in [-0.1, -0.05) is 36.4 Å². The molecule has 0 aliphatic heterocycles. The first-order valence-electron chi connectivity index (χ1n) is 10.7. The van der Waals surface area contributed by atoms with Gasteiger partial charge in [0.05, 0.1) is 23.0 Å². The third-order valence-electron chi connectivity index (χ3n) is 5.73. The standard InChI is InChI=1S/C27H16BrFN4O2/c28-22-13-18(29)7-10-20(22)26(34)31-19-8-5-15(6-9-19)25-21(14-30-33-25)27-32-23-11-16-3-1-2-4-17(16)12-24(23)35-27/h1-14H,(H,30,33)(H,31,34). The molecule has 0 atom stereocenters. The molecule has 170 valence electrons. The molecule has 4 aromatic carbocycles. The highest BCUT2D eigenvalue weighted by molar-refractivity contribution is 9.10. The number of nitrogens with zero attached hydrogens (tertiary/aromatic N) is 2. The van der Waals surface area contributed by atoms with E-state index in [4.69, 9.17) is 4.42 Å². The van der Waals surface area contributed by atoms with Gasteiger partial charge in [0, 0.05) is 15.7 Å². The molecule has 0 unspecified atom stereocenters. The maximum atomic E-state index is 13.3. The van der Waals surface area contributed by atoms with Crippen LogP contribution in [0.5, 0.6) is 0 Å². The highest BCUT2D eigenvalue weighted by atomic mass is 79.9. The second-order valence-electron chi connectivity index (χ2n) is 8.00. The minimum atomic E-state index is -0.416. The van der Waals surface area contributed by atoms with Crippen LogP contribution in [0.4, 0.5) is 10.1 Å². The molecule has 2 heterocycles. The minimum Gasteiger partial charge on any atom is -0.436 e. The van der Waals surface area contributed by atoms with Crippen molar-refractivity contribution in [1.29, 1.82) is 0 Å². The number of hydrogen-bond acceptors (Lipinski definition) is 4. The van der Waals surface area contributed by atoms with Gasteiger partial charge in [-0.2, -0.15) is 5.10 Å². The summed E-state index contributed by atoms with van der Waals surface area (Å²) in [4.78, 5) is 17.3. The molecule has 1 amide bonds. The zero-order valence-corrected chi connectivity index (χ0v) is 19.6. The summed E-state index contributed by atoms with van der Waals surface area (Å²) in [6.45, 7) is 0. The van der Waals surface area contributed by atoms with Gasteiger partial charge in [0.1, 0.15) is 11.3 Å². The summed E-state index contributed by atoms with van der Waals surface area (Å²) in [5.41, 5.74) is 4.76. The lowest BCUT2D eigenvalue weighted by Gasteiger charge is -2.08. The number of benzene rings is 4. The van der Waals surface area contributed by atoms with Crippen molar-refractivity contribution >= 4 is 49.4 Å². The number of halogens is 2. The van der Waals surface area contributed by atoms with Crippen LogP contribution in [-0.4, -0.2) is 21.1 Å². The van der Waals surface area contributed by atoms with Crippen molar-refractivity contribution in [3.05, 3.63) is 101 Å². The largest absolute Gasteiger partial charge is 0.436 e. The van der Waals surface area contributed by atoms with Crippen molar-refractivity contribution in [2.45, 2.75) is 0 Å². The van der Waals surface area contributed by atoms with Crippen molar-refractivity contribution in [3.8, 4) is 22.7 Å². The number of rotatable bonds is 4. The monoisotopic (exact) mass is 526 g/mol. The van der Waals surface area contributed by atoms with Crippen LogP contribution in [0.1, 0.15) is 10.4 Å². The molecule has 0 saturated heterocycles. The van der Waals surface area contributed by atoms with Crippen molar-refractivity contribution in [1.82, 2.24) is 15.2 Å². The van der Waals surface area contributed by atoms with Gasteiger partial charge in [-0.15, -0.1) is 0 Å². The van der Waals surface area contributed by atoms with E-state index in [9.17, 15) is 9.18 Å². The van der Waals surface area contributed by atoms with Gasteiger partial charge in [0.25, 0.3) is 5.91 Å². The molecule has 2 aromatic heterocycles. The molecule has 8 heteroatoms. The van der Waals surface area contributed by atoms with E-state index in [2.05, 4.69) is 36.4 Å². The summed E-state index contributed by atoms with van der Waals surface area (Å²) >= 11 is 3.23. The number of oxazole rings is 1. The van der Waals surface area contributed by atoms with Gasteiger partial charge in [0.2, 0.25) is 5.89 Å².